The van der Waals surface area contributed by atoms with Gasteiger partial charge >= 0.3 is 11.9 Å². The molecular weight excluding hydrogens is 522 g/mol. The fourth-order valence-corrected chi connectivity index (χ4v) is 1.74. The van der Waals surface area contributed by atoms with Crippen molar-refractivity contribution in [2.24, 2.45) is 0 Å². The number of hydrogen-bond donors (Lipinski definition) is 0. The zero-order chi connectivity index (χ0) is 17.3. The first-order chi connectivity index (χ1) is 10.5. The highest BCUT2D eigenvalue weighted by Crippen LogP contribution is 2.43. The summed E-state index contributed by atoms with van der Waals surface area (Å²) in [6, 6.07) is 1.28. The number of methoxy groups -OCH3 is 5. The number of benzene rings is 1. The van der Waals surface area contributed by atoms with Gasteiger partial charge in [-0.3, -0.25) is 0 Å². The fraction of sp³-hybridized carbons (Fsp3) is 0.385. The zero-order valence-corrected chi connectivity index (χ0v) is 17.0. The molecule has 0 atom stereocenters. The number of esters is 2. The molecule has 7 nitrogen and oxygen atoms in total. The van der Waals surface area contributed by atoms with Gasteiger partial charge in [-0.25, -0.2) is 9.59 Å². The van der Waals surface area contributed by atoms with Gasteiger partial charge in [0.25, 0.3) is 0 Å². The summed E-state index contributed by atoms with van der Waals surface area (Å²) < 4.78 is 24.8. The normalized spacial score (nSPS) is 9.05. The molecule has 0 bridgehead atoms. The van der Waals surface area contributed by atoms with Crippen molar-refractivity contribution in [2.75, 3.05) is 35.5 Å². The van der Waals surface area contributed by atoms with Gasteiger partial charge < -0.3 is 23.7 Å². The van der Waals surface area contributed by atoms with Gasteiger partial charge in [0.1, 0.15) is 11.1 Å². The quantitative estimate of drug-likeness (QED) is 0.422. The molecule has 0 amide bonds. The van der Waals surface area contributed by atoms with Gasteiger partial charge in [0.05, 0.1) is 35.5 Å². The van der Waals surface area contributed by atoms with Crippen molar-refractivity contribution in [1.82, 2.24) is 0 Å². The molecule has 1 aromatic rings. The van der Waals surface area contributed by atoms with Gasteiger partial charge in [0.2, 0.25) is 5.75 Å². The summed E-state index contributed by atoms with van der Waals surface area (Å²) >= 11 is 4.24. The largest absolute Gasteiger partial charge is 0.492 e. The van der Waals surface area contributed by atoms with E-state index in [0.717, 1.165) is 0 Å². The van der Waals surface area contributed by atoms with Gasteiger partial charge in [-0.15, -0.1) is 0 Å². The van der Waals surface area contributed by atoms with Crippen LogP contribution in [-0.4, -0.2) is 47.5 Å². The summed E-state index contributed by atoms with van der Waals surface area (Å²) in [5, 5.41) is 0. The number of carbonyl (C=O) groups is 2. The Kier molecular flexibility index (Phi) is 10.2. The zero-order valence-electron chi connectivity index (χ0n) is 12.7. The van der Waals surface area contributed by atoms with E-state index >= 15 is 0 Å². The standard InChI is InChI=1S/C13H16O7.I2/c1-16-9-7(12(14)19-4)6-8(13(15)20-5)10(17-2)11(9)18-3;1-2/h6H,1-5H3;. The second-order valence-electron chi connectivity index (χ2n) is 3.55. The minimum Gasteiger partial charge on any atom is -0.492 e. The number of rotatable bonds is 5. The summed E-state index contributed by atoms with van der Waals surface area (Å²) in [6.07, 6.45) is 0. The van der Waals surface area contributed by atoms with E-state index in [2.05, 4.69) is 46.7 Å². The molecule has 0 aromatic heterocycles. The maximum absolute atomic E-state index is 11.8. The van der Waals surface area contributed by atoms with Crippen molar-refractivity contribution in [3.8, 4) is 17.2 Å². The molecule has 0 unspecified atom stereocenters. The van der Waals surface area contributed by atoms with E-state index in [1.807, 2.05) is 0 Å². The van der Waals surface area contributed by atoms with Crippen LogP contribution in [0.2, 0.25) is 0 Å². The molecule has 0 N–H and O–H groups in total. The highest BCUT2D eigenvalue weighted by Gasteiger charge is 2.28. The highest BCUT2D eigenvalue weighted by molar-refractivity contribution is 15.0. The van der Waals surface area contributed by atoms with Crippen LogP contribution in [0.4, 0.5) is 0 Å². The average Bonchev–Trinajstić information content (AvgIpc) is 2.59. The van der Waals surface area contributed by atoms with E-state index in [-0.39, 0.29) is 28.4 Å². The predicted octanol–water partition coefficient (Wildman–Crippen LogP) is 3.06. The van der Waals surface area contributed by atoms with Crippen LogP contribution in [0.3, 0.4) is 0 Å². The maximum Gasteiger partial charge on any atom is 0.341 e. The molecule has 124 valence electrons. The fourth-order valence-electron chi connectivity index (χ4n) is 1.74. The molecule has 0 fully saturated rings. The average molecular weight is 538 g/mol. The number of hydrogen-bond acceptors (Lipinski definition) is 7. The Morgan fingerprint density at radius 2 is 1.05 bits per heavy atom. The molecule has 1 aromatic carbocycles. The lowest BCUT2D eigenvalue weighted by atomic mass is 10.1. The van der Waals surface area contributed by atoms with Crippen LogP contribution in [0.1, 0.15) is 20.7 Å². The van der Waals surface area contributed by atoms with Crippen molar-refractivity contribution in [3.63, 3.8) is 0 Å². The Hall–Kier alpha value is -0.980. The van der Waals surface area contributed by atoms with Crippen molar-refractivity contribution < 1.29 is 33.3 Å². The Morgan fingerprint density at radius 1 is 0.727 bits per heavy atom. The summed E-state index contributed by atoms with van der Waals surface area (Å²) in [6.45, 7) is 0. The Balaban J connectivity index is 0.00000211. The highest BCUT2D eigenvalue weighted by atomic mass is 128. The number of carbonyl (C=O) groups excluding carboxylic acids is 2. The summed E-state index contributed by atoms with van der Waals surface area (Å²) in [7, 11) is 6.53. The minimum atomic E-state index is -0.673. The first-order valence-electron chi connectivity index (χ1n) is 5.69. The van der Waals surface area contributed by atoms with Gasteiger partial charge in [-0.05, 0) is 6.07 Å². The Labute approximate surface area is 151 Å². The van der Waals surface area contributed by atoms with Crippen molar-refractivity contribution in [1.29, 1.82) is 0 Å². The Bertz CT molecular complexity index is 489. The van der Waals surface area contributed by atoms with E-state index in [1.54, 1.807) is 0 Å². The van der Waals surface area contributed by atoms with Gasteiger partial charge in [0, 0.05) is 37.2 Å². The third kappa shape index (κ3) is 4.51. The molecule has 0 saturated carbocycles. The number of halogens is 2. The monoisotopic (exact) mass is 538 g/mol. The molecule has 0 aliphatic carbocycles. The van der Waals surface area contributed by atoms with E-state index in [1.165, 1.54) is 41.6 Å². The lowest BCUT2D eigenvalue weighted by Gasteiger charge is -2.17. The molecule has 0 spiro atoms. The molecule has 9 heteroatoms. The lowest BCUT2D eigenvalue weighted by Crippen LogP contribution is -2.12. The second kappa shape index (κ2) is 10.7. The topological polar surface area (TPSA) is 80.3 Å². The van der Waals surface area contributed by atoms with Crippen LogP contribution in [0.25, 0.3) is 0 Å². The third-order valence-electron chi connectivity index (χ3n) is 2.61. The molecular formula is C13H16I2O7. The molecule has 22 heavy (non-hydrogen) atoms. The van der Waals surface area contributed by atoms with Crippen molar-refractivity contribution >= 4 is 49.2 Å². The summed E-state index contributed by atoms with van der Waals surface area (Å²) in [5.74, 6) is -1.01. The molecule has 0 radical (unpaired) electrons. The lowest BCUT2D eigenvalue weighted by molar-refractivity contribution is 0.0593. The van der Waals surface area contributed by atoms with Crippen molar-refractivity contribution in [3.05, 3.63) is 17.2 Å². The number of ether oxygens (including phenoxy) is 5. The second-order valence-corrected chi connectivity index (χ2v) is 3.55. The molecule has 1 rings (SSSR count). The molecule has 0 aliphatic heterocycles. The first-order valence-corrected chi connectivity index (χ1v) is 12.0. The van der Waals surface area contributed by atoms with Gasteiger partial charge in [-0.1, -0.05) is 0 Å². The van der Waals surface area contributed by atoms with Gasteiger partial charge in [0.15, 0.2) is 11.5 Å². The van der Waals surface area contributed by atoms with E-state index in [4.69, 9.17) is 14.2 Å². The van der Waals surface area contributed by atoms with Crippen LogP contribution in [-0.2, 0) is 9.47 Å². The minimum absolute atomic E-state index is 0.0352. The third-order valence-corrected chi connectivity index (χ3v) is 2.61. The maximum atomic E-state index is 11.8. The van der Waals surface area contributed by atoms with Crippen LogP contribution in [0.5, 0.6) is 17.2 Å². The smallest absolute Gasteiger partial charge is 0.341 e. The van der Waals surface area contributed by atoms with Crippen LogP contribution in [0.15, 0.2) is 6.07 Å². The first kappa shape index (κ1) is 21.0. The van der Waals surface area contributed by atoms with E-state index in [0.29, 0.717) is 0 Å². The van der Waals surface area contributed by atoms with E-state index < -0.39 is 11.9 Å². The van der Waals surface area contributed by atoms with Crippen LogP contribution < -0.4 is 14.2 Å². The molecule has 0 saturated heterocycles. The predicted molar refractivity (Wildman–Crippen MR) is 96.8 cm³/mol. The summed E-state index contributed by atoms with van der Waals surface area (Å²) in [5.41, 5.74) is 0.0705. The molecule has 0 heterocycles. The SMILES string of the molecule is COC(=O)c1cc(C(=O)OC)c(OC)c(OC)c1OC.II. The molecule has 0 aliphatic rings. The van der Waals surface area contributed by atoms with E-state index in [9.17, 15) is 9.59 Å². The Morgan fingerprint density at radius 3 is 1.27 bits per heavy atom. The van der Waals surface area contributed by atoms with Crippen LogP contribution >= 0.6 is 37.2 Å². The van der Waals surface area contributed by atoms with Crippen LogP contribution in [0, 0.1) is 0 Å². The van der Waals surface area contributed by atoms with Gasteiger partial charge in [-0.2, -0.15) is 0 Å². The van der Waals surface area contributed by atoms with Crippen molar-refractivity contribution in [2.45, 2.75) is 0 Å². The summed E-state index contributed by atoms with van der Waals surface area (Å²) in [4.78, 5) is 23.5.